The molecule has 1 aromatic heterocycles. The number of carbonyl (C=O) groups is 1. The first-order valence-electron chi connectivity index (χ1n) is 11.1. The quantitative estimate of drug-likeness (QED) is 0.254. The van der Waals surface area contributed by atoms with E-state index in [1.807, 2.05) is 19.1 Å². The van der Waals surface area contributed by atoms with E-state index in [1.54, 1.807) is 30.3 Å². The molecule has 3 aromatic carbocycles. The molecule has 0 saturated heterocycles. The molecule has 4 rings (SSSR count). The van der Waals surface area contributed by atoms with Crippen LogP contribution in [0.1, 0.15) is 32.8 Å². The SMILES string of the molecule is Cc1ccc(C(=O)N(Cc2cccc(OS(=O)(=O)c3cccc(C(F)(F)F)c3)c2)Cc2ccco2)cc1. The van der Waals surface area contributed by atoms with Gasteiger partial charge in [0.25, 0.3) is 5.91 Å². The molecule has 0 bridgehead atoms. The van der Waals surface area contributed by atoms with E-state index in [4.69, 9.17) is 8.60 Å². The minimum atomic E-state index is -4.70. The molecule has 37 heavy (non-hydrogen) atoms. The van der Waals surface area contributed by atoms with Crippen molar-refractivity contribution in [3.05, 3.63) is 119 Å². The topological polar surface area (TPSA) is 76.8 Å². The van der Waals surface area contributed by atoms with Crippen LogP contribution in [-0.2, 0) is 29.4 Å². The van der Waals surface area contributed by atoms with Crippen molar-refractivity contribution in [2.75, 3.05) is 0 Å². The summed E-state index contributed by atoms with van der Waals surface area (Å²) in [7, 11) is -4.54. The Morgan fingerprint density at radius 2 is 1.65 bits per heavy atom. The molecule has 0 fully saturated rings. The zero-order chi connectivity index (χ0) is 26.6. The van der Waals surface area contributed by atoms with Crippen molar-refractivity contribution in [2.45, 2.75) is 31.1 Å². The lowest BCUT2D eigenvalue weighted by Gasteiger charge is -2.22. The predicted molar refractivity (Wildman–Crippen MR) is 129 cm³/mol. The van der Waals surface area contributed by atoms with Crippen molar-refractivity contribution in [3.63, 3.8) is 0 Å². The zero-order valence-corrected chi connectivity index (χ0v) is 20.4. The van der Waals surface area contributed by atoms with Gasteiger partial charge in [0.1, 0.15) is 16.4 Å². The molecule has 192 valence electrons. The summed E-state index contributed by atoms with van der Waals surface area (Å²) in [4.78, 5) is 14.2. The largest absolute Gasteiger partial charge is 0.467 e. The van der Waals surface area contributed by atoms with Crippen LogP contribution in [0.5, 0.6) is 5.75 Å². The third kappa shape index (κ3) is 6.59. The molecule has 1 amide bonds. The lowest BCUT2D eigenvalue weighted by molar-refractivity contribution is -0.137. The molecule has 0 spiro atoms. The highest BCUT2D eigenvalue weighted by Gasteiger charge is 2.32. The molecule has 1 heterocycles. The standard InChI is InChI=1S/C27H22F3NO5S/c1-19-10-12-21(13-11-19)26(32)31(18-24-8-4-14-35-24)17-20-5-2-7-23(15-20)36-37(33,34)25-9-3-6-22(16-25)27(28,29)30/h2-16H,17-18H2,1H3. The first kappa shape index (κ1) is 26.0. The number of nitrogens with zero attached hydrogens (tertiary/aromatic N) is 1. The first-order chi connectivity index (χ1) is 17.5. The van der Waals surface area contributed by atoms with E-state index in [0.29, 0.717) is 23.0 Å². The van der Waals surface area contributed by atoms with Crippen LogP contribution in [-0.4, -0.2) is 19.2 Å². The molecule has 0 atom stereocenters. The number of benzene rings is 3. The number of amides is 1. The van der Waals surface area contributed by atoms with E-state index < -0.39 is 26.8 Å². The van der Waals surface area contributed by atoms with E-state index in [-0.39, 0.29) is 24.7 Å². The summed E-state index contributed by atoms with van der Waals surface area (Å²) in [6.45, 7) is 2.16. The number of rotatable bonds is 8. The van der Waals surface area contributed by atoms with Gasteiger partial charge >= 0.3 is 16.3 Å². The predicted octanol–water partition coefficient (Wildman–Crippen LogP) is 6.22. The molecule has 0 aliphatic carbocycles. The van der Waals surface area contributed by atoms with Gasteiger partial charge in [-0.05, 0) is 67.1 Å². The fourth-order valence-electron chi connectivity index (χ4n) is 3.59. The number of alkyl halides is 3. The van der Waals surface area contributed by atoms with Crippen LogP contribution in [0.2, 0.25) is 0 Å². The molecule has 0 saturated carbocycles. The maximum atomic E-state index is 13.3. The number of hydrogen-bond donors (Lipinski definition) is 0. The Labute approximate surface area is 212 Å². The maximum absolute atomic E-state index is 13.3. The smallest absolute Gasteiger partial charge is 0.416 e. The number of halogens is 3. The highest BCUT2D eigenvalue weighted by Crippen LogP contribution is 2.31. The fraction of sp³-hybridized carbons (Fsp3) is 0.148. The Balaban J connectivity index is 1.57. The average molecular weight is 530 g/mol. The second-order valence-corrected chi connectivity index (χ2v) is 9.86. The second-order valence-electron chi connectivity index (χ2n) is 8.32. The summed E-state index contributed by atoms with van der Waals surface area (Å²) >= 11 is 0. The van der Waals surface area contributed by atoms with Gasteiger partial charge < -0.3 is 13.5 Å². The van der Waals surface area contributed by atoms with Crippen LogP contribution in [0, 0.1) is 6.92 Å². The lowest BCUT2D eigenvalue weighted by atomic mass is 10.1. The van der Waals surface area contributed by atoms with Crippen molar-refractivity contribution < 1.29 is 35.0 Å². The van der Waals surface area contributed by atoms with Gasteiger partial charge in [0, 0.05) is 12.1 Å². The Morgan fingerprint density at radius 1 is 0.919 bits per heavy atom. The molecular weight excluding hydrogens is 507 g/mol. The van der Waals surface area contributed by atoms with Crippen molar-refractivity contribution in [1.29, 1.82) is 0 Å². The van der Waals surface area contributed by atoms with E-state index in [1.165, 1.54) is 29.4 Å². The molecule has 0 unspecified atom stereocenters. The van der Waals surface area contributed by atoms with Gasteiger partial charge in [0.15, 0.2) is 0 Å². The Morgan fingerprint density at radius 3 is 2.32 bits per heavy atom. The van der Waals surface area contributed by atoms with Crippen LogP contribution in [0.3, 0.4) is 0 Å². The van der Waals surface area contributed by atoms with Gasteiger partial charge in [0.2, 0.25) is 0 Å². The molecule has 0 radical (unpaired) electrons. The van der Waals surface area contributed by atoms with E-state index >= 15 is 0 Å². The third-order valence-corrected chi connectivity index (χ3v) is 6.68. The van der Waals surface area contributed by atoms with E-state index in [9.17, 15) is 26.4 Å². The van der Waals surface area contributed by atoms with Crippen LogP contribution in [0.15, 0.2) is 101 Å². The minimum Gasteiger partial charge on any atom is -0.467 e. The molecule has 6 nitrogen and oxygen atoms in total. The minimum absolute atomic E-state index is 0.0915. The average Bonchev–Trinajstić information content (AvgIpc) is 3.36. The van der Waals surface area contributed by atoms with Gasteiger partial charge in [-0.15, -0.1) is 0 Å². The third-order valence-electron chi connectivity index (χ3n) is 5.44. The van der Waals surface area contributed by atoms with E-state index in [0.717, 1.165) is 23.8 Å². The van der Waals surface area contributed by atoms with Gasteiger partial charge in [-0.1, -0.05) is 35.9 Å². The number of aryl methyl sites for hydroxylation is 1. The highest BCUT2D eigenvalue weighted by molar-refractivity contribution is 7.87. The van der Waals surface area contributed by atoms with Gasteiger partial charge in [-0.25, -0.2) is 0 Å². The summed E-state index contributed by atoms with van der Waals surface area (Å²) < 4.78 is 75.0. The van der Waals surface area contributed by atoms with Crippen molar-refractivity contribution in [1.82, 2.24) is 4.90 Å². The van der Waals surface area contributed by atoms with Gasteiger partial charge in [0.05, 0.1) is 18.4 Å². The molecule has 0 aliphatic heterocycles. The molecule has 0 N–H and O–H groups in total. The van der Waals surface area contributed by atoms with Crippen LogP contribution in [0.25, 0.3) is 0 Å². The fourth-order valence-corrected chi connectivity index (χ4v) is 4.56. The van der Waals surface area contributed by atoms with Crippen LogP contribution in [0.4, 0.5) is 13.2 Å². The van der Waals surface area contributed by atoms with Crippen LogP contribution < -0.4 is 4.18 Å². The van der Waals surface area contributed by atoms with Gasteiger partial charge in [-0.3, -0.25) is 4.79 Å². The van der Waals surface area contributed by atoms with Crippen molar-refractivity contribution in [3.8, 4) is 5.75 Å². The van der Waals surface area contributed by atoms with Gasteiger partial charge in [-0.2, -0.15) is 21.6 Å². The lowest BCUT2D eigenvalue weighted by Crippen LogP contribution is -2.30. The molecule has 0 aliphatic rings. The summed E-state index contributed by atoms with van der Waals surface area (Å²) in [5.74, 6) is 0.190. The number of furan rings is 1. The van der Waals surface area contributed by atoms with Crippen LogP contribution >= 0.6 is 0 Å². The monoisotopic (exact) mass is 529 g/mol. The Kier molecular flexibility index (Phi) is 7.40. The maximum Gasteiger partial charge on any atom is 0.416 e. The first-order valence-corrected chi connectivity index (χ1v) is 12.5. The molecular formula is C27H22F3NO5S. The molecule has 4 aromatic rings. The summed E-state index contributed by atoms with van der Waals surface area (Å²) in [5, 5.41) is 0. The second kappa shape index (κ2) is 10.5. The van der Waals surface area contributed by atoms with E-state index in [2.05, 4.69) is 0 Å². The zero-order valence-electron chi connectivity index (χ0n) is 19.6. The summed E-state index contributed by atoms with van der Waals surface area (Å²) in [5.41, 5.74) is 0.913. The Bertz CT molecular complexity index is 1480. The highest BCUT2D eigenvalue weighted by atomic mass is 32.2. The normalized spacial score (nSPS) is 11.8. The summed E-state index contributed by atoms with van der Waals surface area (Å²) in [6, 6.07) is 19.8. The van der Waals surface area contributed by atoms with Crippen molar-refractivity contribution >= 4 is 16.0 Å². The molecule has 10 heteroatoms. The number of carbonyl (C=O) groups excluding carboxylic acids is 1. The number of hydrogen-bond acceptors (Lipinski definition) is 5. The Hall–Kier alpha value is -4.05. The summed E-state index contributed by atoms with van der Waals surface area (Å²) in [6.07, 6.45) is -3.20. The van der Waals surface area contributed by atoms with Crippen molar-refractivity contribution in [2.24, 2.45) is 0 Å².